The number of esters is 2. The van der Waals surface area contributed by atoms with Gasteiger partial charge in [0.1, 0.15) is 6.61 Å². The molecule has 1 atom stereocenters. The van der Waals surface area contributed by atoms with Crippen molar-refractivity contribution in [2.45, 2.75) is 245 Å². The molecule has 66 heavy (non-hydrogen) atoms. The number of ether oxygens (including phenoxy) is 3. The Hall–Kier alpha value is -3.44. The van der Waals surface area contributed by atoms with Crippen LogP contribution in [0.5, 0.6) is 0 Å². The highest BCUT2D eigenvalue weighted by atomic mass is 16.6. The van der Waals surface area contributed by atoms with Gasteiger partial charge in [0.2, 0.25) is 0 Å². The molecule has 1 unspecified atom stereocenters. The molecule has 0 aliphatic heterocycles. The Morgan fingerprint density at radius 1 is 0.364 bits per heavy atom. The van der Waals surface area contributed by atoms with E-state index < -0.39 is 6.10 Å². The van der Waals surface area contributed by atoms with Crippen molar-refractivity contribution in [1.82, 2.24) is 0 Å². The van der Waals surface area contributed by atoms with E-state index in [-0.39, 0.29) is 31.6 Å². The van der Waals surface area contributed by atoms with Crippen LogP contribution in [0, 0.1) is 0 Å². The van der Waals surface area contributed by atoms with Crippen LogP contribution >= 0.6 is 0 Å². The van der Waals surface area contributed by atoms with Crippen LogP contribution in [0.25, 0.3) is 0 Å². The minimum absolute atomic E-state index is 0.0290. The van der Waals surface area contributed by atoms with Gasteiger partial charge < -0.3 is 14.2 Å². The van der Waals surface area contributed by atoms with Crippen LogP contribution in [0.1, 0.15) is 239 Å². The zero-order valence-electron chi connectivity index (χ0n) is 43.2. The average molecular weight is 915 g/mol. The standard InChI is InChI=1S/C61H102O5/c1-4-7-10-13-16-19-22-25-28-30-32-35-38-41-44-47-50-53-56-64-57-59(66-61(63)55-52-49-46-43-40-37-33-27-24-21-18-15-12-9-6-3)58-65-60(62)54-51-48-45-42-39-36-34-31-29-26-23-20-17-14-11-8-5-2/h8-9,11-12,17-18,20-21,26-27,29,33-34,36,40,43,49,52,59H,4-7,10,13-16,19,22-25,28,30-32,35,37-39,41-42,44-48,50-51,53-58H2,1-3H3/b11-8-,12-9-,20-17-,21-18-,29-26-,33-27-,36-34-,43-40-,52-49-. The third kappa shape index (κ3) is 53.2. The molecular weight excluding hydrogens is 813 g/mol. The predicted octanol–water partition coefficient (Wildman–Crippen LogP) is 18.8. The normalized spacial score (nSPS) is 13.1. The molecule has 5 nitrogen and oxygen atoms in total. The minimum Gasteiger partial charge on any atom is -0.462 e. The molecule has 0 aromatic heterocycles. The van der Waals surface area contributed by atoms with Gasteiger partial charge in [-0.05, 0) is 83.5 Å². The second kappa shape index (κ2) is 55.9. The molecule has 0 saturated carbocycles. The van der Waals surface area contributed by atoms with Crippen molar-refractivity contribution in [2.24, 2.45) is 0 Å². The number of carbonyl (C=O) groups is 2. The van der Waals surface area contributed by atoms with Crippen molar-refractivity contribution < 1.29 is 23.8 Å². The van der Waals surface area contributed by atoms with E-state index in [9.17, 15) is 9.59 Å². The van der Waals surface area contributed by atoms with Gasteiger partial charge in [-0.25, -0.2) is 0 Å². The van der Waals surface area contributed by atoms with Crippen LogP contribution in [0.2, 0.25) is 0 Å². The molecule has 0 spiro atoms. The fourth-order valence-corrected chi connectivity index (χ4v) is 7.34. The maximum Gasteiger partial charge on any atom is 0.310 e. The Morgan fingerprint density at radius 2 is 0.727 bits per heavy atom. The molecule has 0 saturated heterocycles. The van der Waals surface area contributed by atoms with E-state index >= 15 is 0 Å². The lowest BCUT2D eigenvalue weighted by atomic mass is 10.0. The first-order valence-corrected chi connectivity index (χ1v) is 27.4. The van der Waals surface area contributed by atoms with E-state index in [2.05, 4.69) is 118 Å². The van der Waals surface area contributed by atoms with E-state index in [0.29, 0.717) is 13.0 Å². The molecule has 0 aromatic carbocycles. The van der Waals surface area contributed by atoms with E-state index in [1.807, 2.05) is 12.2 Å². The molecule has 0 aromatic rings. The third-order valence-electron chi connectivity index (χ3n) is 11.3. The summed E-state index contributed by atoms with van der Waals surface area (Å²) in [6.45, 7) is 7.48. The fourth-order valence-electron chi connectivity index (χ4n) is 7.34. The van der Waals surface area contributed by atoms with Crippen molar-refractivity contribution >= 4 is 11.9 Å². The van der Waals surface area contributed by atoms with Crippen LogP contribution in [0.15, 0.2) is 109 Å². The molecular formula is C61H102O5. The van der Waals surface area contributed by atoms with Crippen LogP contribution in [-0.2, 0) is 23.8 Å². The average Bonchev–Trinajstić information content (AvgIpc) is 3.32. The Labute approximate surface area is 408 Å². The molecule has 0 rings (SSSR count). The van der Waals surface area contributed by atoms with Gasteiger partial charge in [0.15, 0.2) is 6.10 Å². The maximum absolute atomic E-state index is 12.8. The highest BCUT2D eigenvalue weighted by Gasteiger charge is 2.17. The molecule has 0 amide bonds. The molecule has 0 aliphatic carbocycles. The van der Waals surface area contributed by atoms with Crippen LogP contribution in [0.3, 0.4) is 0 Å². The first-order chi connectivity index (χ1) is 32.6. The zero-order chi connectivity index (χ0) is 47.7. The lowest BCUT2D eigenvalue weighted by molar-refractivity contribution is -0.162. The minimum atomic E-state index is -0.606. The fraction of sp³-hybridized carbons (Fsp3) is 0.672. The van der Waals surface area contributed by atoms with Gasteiger partial charge in [-0.3, -0.25) is 9.59 Å². The highest BCUT2D eigenvalue weighted by Crippen LogP contribution is 2.15. The summed E-state index contributed by atoms with van der Waals surface area (Å²) >= 11 is 0. The van der Waals surface area contributed by atoms with Crippen molar-refractivity contribution in [3.8, 4) is 0 Å². The first-order valence-electron chi connectivity index (χ1n) is 27.4. The van der Waals surface area contributed by atoms with E-state index in [1.165, 1.54) is 103 Å². The first kappa shape index (κ1) is 62.6. The van der Waals surface area contributed by atoms with E-state index in [1.54, 1.807) is 0 Å². The number of hydrogen-bond acceptors (Lipinski definition) is 5. The Balaban J connectivity index is 4.41. The molecule has 0 radical (unpaired) electrons. The SMILES string of the molecule is CC/C=C\C/C=C\C/C=C\C/C=C\C/C=C\CC(=O)OC(COCCCCCCCCCCCCCCCCCCCC)COC(=O)CCCCCC/C=C\C/C=C\C/C=C\C/C=C\CC. The largest absolute Gasteiger partial charge is 0.462 e. The second-order valence-electron chi connectivity index (χ2n) is 17.7. The number of hydrogen-bond donors (Lipinski definition) is 0. The Bertz CT molecular complexity index is 1310. The van der Waals surface area contributed by atoms with Crippen molar-refractivity contribution in [3.63, 3.8) is 0 Å². The topological polar surface area (TPSA) is 61.8 Å². The maximum atomic E-state index is 12.8. The van der Waals surface area contributed by atoms with Crippen LogP contribution in [-0.4, -0.2) is 37.9 Å². The molecule has 0 fully saturated rings. The lowest BCUT2D eigenvalue weighted by Gasteiger charge is -2.18. The van der Waals surface area contributed by atoms with Crippen molar-refractivity contribution in [3.05, 3.63) is 109 Å². The third-order valence-corrected chi connectivity index (χ3v) is 11.3. The van der Waals surface area contributed by atoms with Gasteiger partial charge in [-0.1, -0.05) is 252 Å². The molecule has 376 valence electrons. The molecule has 0 N–H and O–H groups in total. The van der Waals surface area contributed by atoms with Crippen molar-refractivity contribution in [2.75, 3.05) is 19.8 Å². The summed E-state index contributed by atoms with van der Waals surface area (Å²) in [7, 11) is 0. The summed E-state index contributed by atoms with van der Waals surface area (Å²) in [6.07, 6.45) is 77.0. The molecule has 0 aliphatic rings. The summed E-state index contributed by atoms with van der Waals surface area (Å²) in [5, 5.41) is 0. The van der Waals surface area contributed by atoms with Crippen LogP contribution < -0.4 is 0 Å². The monoisotopic (exact) mass is 915 g/mol. The highest BCUT2D eigenvalue weighted by molar-refractivity contribution is 5.71. The van der Waals surface area contributed by atoms with Gasteiger partial charge in [0.25, 0.3) is 0 Å². The summed E-state index contributed by atoms with van der Waals surface area (Å²) in [4.78, 5) is 25.4. The second-order valence-corrected chi connectivity index (χ2v) is 17.7. The smallest absolute Gasteiger partial charge is 0.310 e. The predicted molar refractivity (Wildman–Crippen MR) is 288 cm³/mol. The van der Waals surface area contributed by atoms with Gasteiger partial charge in [-0.2, -0.15) is 0 Å². The van der Waals surface area contributed by atoms with Gasteiger partial charge in [0, 0.05) is 13.0 Å². The number of allylic oxidation sites excluding steroid dienone is 17. The summed E-state index contributed by atoms with van der Waals surface area (Å²) in [5.74, 6) is -0.571. The molecule has 0 bridgehead atoms. The lowest BCUT2D eigenvalue weighted by Crippen LogP contribution is -2.29. The van der Waals surface area contributed by atoms with Crippen LogP contribution in [0.4, 0.5) is 0 Å². The number of carbonyl (C=O) groups excluding carboxylic acids is 2. The number of unbranched alkanes of at least 4 members (excludes halogenated alkanes) is 21. The van der Waals surface area contributed by atoms with Gasteiger partial charge >= 0.3 is 11.9 Å². The zero-order valence-corrected chi connectivity index (χ0v) is 43.2. The van der Waals surface area contributed by atoms with E-state index in [0.717, 1.165) is 103 Å². The quantitative estimate of drug-likeness (QED) is 0.0346. The Kier molecular flexibility index (Phi) is 53.0. The van der Waals surface area contributed by atoms with Crippen molar-refractivity contribution in [1.29, 1.82) is 0 Å². The van der Waals surface area contributed by atoms with E-state index in [4.69, 9.17) is 14.2 Å². The summed E-state index contributed by atoms with van der Waals surface area (Å²) < 4.78 is 17.3. The molecule has 5 heteroatoms. The van der Waals surface area contributed by atoms with Gasteiger partial charge in [0.05, 0.1) is 13.0 Å². The van der Waals surface area contributed by atoms with Gasteiger partial charge in [-0.15, -0.1) is 0 Å². The molecule has 0 heterocycles. The Morgan fingerprint density at radius 3 is 1.17 bits per heavy atom. The summed E-state index contributed by atoms with van der Waals surface area (Å²) in [5.41, 5.74) is 0. The number of rotatable bonds is 49. The summed E-state index contributed by atoms with van der Waals surface area (Å²) in [6, 6.07) is 0.